The van der Waals surface area contributed by atoms with Crippen LogP contribution in [0.5, 0.6) is 0 Å². The molecule has 1 atom stereocenters. The molecular formula is C16H16ClNO2S. The number of aliphatic carboxylic acids is 1. The van der Waals surface area contributed by atoms with E-state index in [1.807, 2.05) is 65.8 Å². The van der Waals surface area contributed by atoms with Crippen LogP contribution in [-0.4, -0.2) is 17.1 Å². The molecule has 0 aliphatic rings. The van der Waals surface area contributed by atoms with Crippen molar-refractivity contribution in [2.75, 3.05) is 4.31 Å². The van der Waals surface area contributed by atoms with E-state index in [-0.39, 0.29) is 12.5 Å². The maximum Gasteiger partial charge on any atom is 0.305 e. The van der Waals surface area contributed by atoms with Crippen LogP contribution in [0.4, 0.5) is 5.69 Å². The summed E-state index contributed by atoms with van der Waals surface area (Å²) in [6, 6.07) is 17.2. The lowest BCUT2D eigenvalue weighted by molar-refractivity contribution is -0.137. The fourth-order valence-corrected chi connectivity index (χ4v) is 3.01. The van der Waals surface area contributed by atoms with Crippen molar-refractivity contribution in [1.29, 1.82) is 0 Å². The van der Waals surface area contributed by atoms with E-state index >= 15 is 0 Å². The summed E-state index contributed by atoms with van der Waals surface area (Å²) in [4.78, 5) is 12.0. The SMILES string of the molecule is CC(CC(=O)O)N(Sc1ccc(Cl)cc1)c1ccccc1. The van der Waals surface area contributed by atoms with Gasteiger partial charge in [0.15, 0.2) is 0 Å². The van der Waals surface area contributed by atoms with Gasteiger partial charge in [-0.3, -0.25) is 4.79 Å². The third kappa shape index (κ3) is 4.69. The fourth-order valence-electron chi connectivity index (χ4n) is 1.92. The van der Waals surface area contributed by atoms with Gasteiger partial charge in [-0.15, -0.1) is 0 Å². The summed E-state index contributed by atoms with van der Waals surface area (Å²) in [5, 5.41) is 9.71. The van der Waals surface area contributed by atoms with Crippen molar-refractivity contribution in [2.24, 2.45) is 0 Å². The molecule has 3 nitrogen and oxygen atoms in total. The first-order valence-electron chi connectivity index (χ1n) is 6.56. The van der Waals surface area contributed by atoms with Gasteiger partial charge in [0, 0.05) is 21.6 Å². The van der Waals surface area contributed by atoms with Crippen LogP contribution in [0.2, 0.25) is 5.02 Å². The van der Waals surface area contributed by atoms with Gasteiger partial charge in [-0.2, -0.15) is 0 Å². The molecule has 1 N–H and O–H groups in total. The molecule has 5 heteroatoms. The van der Waals surface area contributed by atoms with Gasteiger partial charge in [-0.1, -0.05) is 29.8 Å². The first kappa shape index (κ1) is 15.7. The summed E-state index contributed by atoms with van der Waals surface area (Å²) in [5.74, 6) is -0.805. The maximum absolute atomic E-state index is 11.0. The van der Waals surface area contributed by atoms with Crippen LogP contribution in [0.15, 0.2) is 59.5 Å². The smallest absolute Gasteiger partial charge is 0.305 e. The van der Waals surface area contributed by atoms with Crippen LogP contribution in [0.1, 0.15) is 13.3 Å². The van der Waals surface area contributed by atoms with Crippen molar-refractivity contribution in [1.82, 2.24) is 0 Å². The normalized spacial score (nSPS) is 11.9. The van der Waals surface area contributed by atoms with E-state index in [0.717, 1.165) is 10.6 Å². The highest BCUT2D eigenvalue weighted by atomic mass is 35.5. The maximum atomic E-state index is 11.0. The summed E-state index contributed by atoms with van der Waals surface area (Å²) in [6.45, 7) is 1.91. The first-order chi connectivity index (χ1) is 10.1. The molecule has 0 aromatic heterocycles. The van der Waals surface area contributed by atoms with E-state index in [1.165, 1.54) is 11.9 Å². The van der Waals surface area contributed by atoms with Gasteiger partial charge in [0.2, 0.25) is 0 Å². The predicted octanol–water partition coefficient (Wildman–Crippen LogP) is 4.72. The van der Waals surface area contributed by atoms with E-state index in [1.54, 1.807) is 0 Å². The van der Waals surface area contributed by atoms with E-state index < -0.39 is 5.97 Å². The van der Waals surface area contributed by atoms with Crippen molar-refractivity contribution in [3.05, 3.63) is 59.6 Å². The molecule has 2 aromatic rings. The Balaban J connectivity index is 2.23. The molecule has 0 aliphatic carbocycles. The third-order valence-corrected chi connectivity index (χ3v) is 4.40. The van der Waals surface area contributed by atoms with Crippen molar-refractivity contribution in [3.63, 3.8) is 0 Å². The second-order valence-corrected chi connectivity index (χ2v) is 6.14. The molecule has 0 bridgehead atoms. The molecule has 0 amide bonds. The minimum atomic E-state index is -0.805. The number of carbonyl (C=O) groups is 1. The fraction of sp³-hybridized carbons (Fsp3) is 0.188. The van der Waals surface area contributed by atoms with Crippen molar-refractivity contribution in [2.45, 2.75) is 24.3 Å². The topological polar surface area (TPSA) is 40.5 Å². The molecule has 0 fully saturated rings. The lowest BCUT2D eigenvalue weighted by atomic mass is 10.2. The molecule has 2 aromatic carbocycles. The zero-order chi connectivity index (χ0) is 15.2. The molecule has 0 saturated carbocycles. The molecular weight excluding hydrogens is 306 g/mol. The minimum Gasteiger partial charge on any atom is -0.481 e. The van der Waals surface area contributed by atoms with Crippen molar-refractivity contribution >= 4 is 35.2 Å². The Morgan fingerprint density at radius 3 is 2.38 bits per heavy atom. The molecule has 1 unspecified atom stereocenters. The lowest BCUT2D eigenvalue weighted by Gasteiger charge is -2.29. The van der Waals surface area contributed by atoms with Crippen molar-refractivity contribution in [3.8, 4) is 0 Å². The van der Waals surface area contributed by atoms with Gasteiger partial charge in [0.25, 0.3) is 0 Å². The van der Waals surface area contributed by atoms with Crippen LogP contribution in [0.3, 0.4) is 0 Å². The number of anilines is 1. The van der Waals surface area contributed by atoms with Crippen LogP contribution in [0.25, 0.3) is 0 Å². The Hall–Kier alpha value is -1.65. The Morgan fingerprint density at radius 2 is 1.81 bits per heavy atom. The van der Waals surface area contributed by atoms with Gasteiger partial charge in [-0.05, 0) is 55.3 Å². The minimum absolute atomic E-state index is 0.0789. The molecule has 0 radical (unpaired) electrons. The number of carboxylic acid groups (broad SMARTS) is 1. The van der Waals surface area contributed by atoms with Crippen LogP contribution in [0, 0.1) is 0 Å². The molecule has 0 spiro atoms. The summed E-state index contributed by atoms with van der Waals surface area (Å²) in [6.07, 6.45) is 0.0789. The monoisotopic (exact) mass is 321 g/mol. The lowest BCUT2D eigenvalue weighted by Crippen LogP contribution is -2.28. The standard InChI is InChI=1S/C16H16ClNO2S/c1-12(11-16(19)20)18(14-5-3-2-4-6-14)21-15-9-7-13(17)8-10-15/h2-10,12H,11H2,1H3,(H,19,20). The van der Waals surface area contributed by atoms with Crippen molar-refractivity contribution < 1.29 is 9.90 Å². The highest BCUT2D eigenvalue weighted by Crippen LogP contribution is 2.32. The number of carboxylic acids is 1. The van der Waals surface area contributed by atoms with Gasteiger partial charge >= 0.3 is 5.97 Å². The summed E-state index contributed by atoms with van der Waals surface area (Å²) < 4.78 is 2.01. The number of rotatable bonds is 6. The molecule has 0 heterocycles. The average molecular weight is 322 g/mol. The summed E-state index contributed by atoms with van der Waals surface area (Å²) >= 11 is 7.41. The van der Waals surface area contributed by atoms with E-state index in [0.29, 0.717) is 5.02 Å². The number of halogens is 1. The Labute approximate surface area is 133 Å². The Kier molecular flexibility index (Phi) is 5.53. The van der Waals surface area contributed by atoms with E-state index in [9.17, 15) is 4.79 Å². The van der Waals surface area contributed by atoms with Crippen LogP contribution in [-0.2, 0) is 4.79 Å². The van der Waals surface area contributed by atoms with Gasteiger partial charge < -0.3 is 9.41 Å². The molecule has 110 valence electrons. The largest absolute Gasteiger partial charge is 0.481 e. The van der Waals surface area contributed by atoms with E-state index in [2.05, 4.69) is 0 Å². The van der Waals surface area contributed by atoms with Crippen LogP contribution >= 0.6 is 23.5 Å². The highest BCUT2D eigenvalue weighted by molar-refractivity contribution is 8.00. The Bertz CT molecular complexity index is 589. The van der Waals surface area contributed by atoms with Gasteiger partial charge in [0.1, 0.15) is 0 Å². The third-order valence-electron chi connectivity index (χ3n) is 2.90. The first-order valence-corrected chi connectivity index (χ1v) is 7.71. The zero-order valence-corrected chi connectivity index (χ0v) is 13.1. The Morgan fingerprint density at radius 1 is 1.19 bits per heavy atom. The summed E-state index contributed by atoms with van der Waals surface area (Å²) in [7, 11) is 0. The zero-order valence-electron chi connectivity index (χ0n) is 11.6. The number of benzene rings is 2. The number of nitrogens with zero attached hydrogens (tertiary/aromatic N) is 1. The average Bonchev–Trinajstić information content (AvgIpc) is 2.46. The molecule has 2 rings (SSSR count). The van der Waals surface area contributed by atoms with Gasteiger partial charge in [-0.25, -0.2) is 0 Å². The second kappa shape index (κ2) is 7.38. The van der Waals surface area contributed by atoms with E-state index in [4.69, 9.17) is 16.7 Å². The molecule has 21 heavy (non-hydrogen) atoms. The van der Waals surface area contributed by atoms with Crippen LogP contribution < -0.4 is 4.31 Å². The highest BCUT2D eigenvalue weighted by Gasteiger charge is 2.19. The number of hydrogen-bond donors (Lipinski definition) is 1. The molecule has 0 aliphatic heterocycles. The summed E-state index contributed by atoms with van der Waals surface area (Å²) in [5.41, 5.74) is 0.978. The molecule has 0 saturated heterocycles. The second-order valence-electron chi connectivity index (χ2n) is 4.65. The number of hydrogen-bond acceptors (Lipinski definition) is 3. The van der Waals surface area contributed by atoms with Gasteiger partial charge in [0.05, 0.1) is 6.42 Å². The number of para-hydroxylation sites is 1. The quantitative estimate of drug-likeness (QED) is 0.782. The predicted molar refractivity (Wildman–Crippen MR) is 87.9 cm³/mol.